The Morgan fingerprint density at radius 3 is 2.95 bits per heavy atom. The van der Waals surface area contributed by atoms with Crippen molar-refractivity contribution in [3.8, 4) is 5.75 Å². The summed E-state index contributed by atoms with van der Waals surface area (Å²) >= 11 is 3.28. The average Bonchev–Trinajstić information content (AvgIpc) is 2.84. The second-order valence-electron chi connectivity index (χ2n) is 4.04. The summed E-state index contributed by atoms with van der Waals surface area (Å²) in [6.07, 6.45) is 4.37. The lowest BCUT2D eigenvalue weighted by molar-refractivity contribution is 0.315. The van der Waals surface area contributed by atoms with E-state index in [0.717, 1.165) is 17.7 Å². The maximum absolute atomic E-state index is 5.60. The summed E-state index contributed by atoms with van der Waals surface area (Å²) in [6.45, 7) is 2.72. The van der Waals surface area contributed by atoms with Gasteiger partial charge in [0.15, 0.2) is 4.67 Å². The van der Waals surface area contributed by atoms with Gasteiger partial charge in [-0.05, 0) is 46.1 Å². The van der Waals surface area contributed by atoms with Gasteiger partial charge >= 0.3 is 0 Å². The highest BCUT2D eigenvalue weighted by molar-refractivity contribution is 9.10. The third-order valence-electron chi connectivity index (χ3n) is 2.59. The van der Waals surface area contributed by atoms with Gasteiger partial charge in [-0.1, -0.05) is 6.92 Å². The molecule has 0 saturated carbocycles. The van der Waals surface area contributed by atoms with Crippen LogP contribution in [0, 0.1) is 0 Å². The fourth-order valence-electron chi connectivity index (χ4n) is 1.72. The molecule has 0 fully saturated rings. The molecule has 2 rings (SSSR count). The molecule has 0 aromatic carbocycles. The van der Waals surface area contributed by atoms with Crippen LogP contribution in [-0.2, 0) is 0 Å². The Morgan fingerprint density at radius 2 is 2.32 bits per heavy atom. The Balaban J connectivity index is 2.23. The average molecular weight is 326 g/mol. The van der Waals surface area contributed by atoms with Crippen molar-refractivity contribution in [2.24, 2.45) is 5.84 Å². The van der Waals surface area contributed by atoms with E-state index in [1.165, 1.54) is 0 Å². The van der Waals surface area contributed by atoms with Crippen molar-refractivity contribution in [3.63, 3.8) is 0 Å². The highest BCUT2D eigenvalue weighted by Crippen LogP contribution is 2.26. The van der Waals surface area contributed by atoms with Crippen LogP contribution in [0.1, 0.15) is 30.7 Å². The molecular weight excluding hydrogens is 310 g/mol. The number of hydrogen-bond donors (Lipinski definition) is 2. The SMILES string of the molecule is CCCOc1cncc(C(NN)c2ccc(Br)o2)c1. The number of nitrogens with two attached hydrogens (primary N) is 1. The number of ether oxygens (including phenoxy) is 1. The lowest BCUT2D eigenvalue weighted by Crippen LogP contribution is -2.28. The minimum Gasteiger partial charge on any atom is -0.492 e. The number of rotatable bonds is 6. The molecule has 102 valence electrons. The number of pyridine rings is 1. The van der Waals surface area contributed by atoms with Crippen molar-refractivity contribution < 1.29 is 9.15 Å². The highest BCUT2D eigenvalue weighted by atomic mass is 79.9. The minimum absolute atomic E-state index is 0.260. The summed E-state index contributed by atoms with van der Waals surface area (Å²) in [5.41, 5.74) is 3.61. The smallest absolute Gasteiger partial charge is 0.169 e. The first-order valence-corrected chi connectivity index (χ1v) is 6.83. The van der Waals surface area contributed by atoms with Crippen LogP contribution in [0.3, 0.4) is 0 Å². The quantitative estimate of drug-likeness (QED) is 0.631. The molecule has 5 nitrogen and oxygen atoms in total. The first-order chi connectivity index (χ1) is 9.24. The van der Waals surface area contributed by atoms with Crippen LogP contribution in [0.2, 0.25) is 0 Å². The summed E-state index contributed by atoms with van der Waals surface area (Å²) in [5, 5.41) is 0. The monoisotopic (exact) mass is 325 g/mol. The van der Waals surface area contributed by atoms with E-state index in [2.05, 4.69) is 33.3 Å². The molecule has 0 spiro atoms. The van der Waals surface area contributed by atoms with Gasteiger partial charge in [-0.2, -0.15) is 0 Å². The molecule has 1 atom stereocenters. The molecule has 3 N–H and O–H groups in total. The molecule has 0 saturated heterocycles. The highest BCUT2D eigenvalue weighted by Gasteiger charge is 2.17. The second-order valence-corrected chi connectivity index (χ2v) is 4.83. The van der Waals surface area contributed by atoms with E-state index in [-0.39, 0.29) is 6.04 Å². The topological polar surface area (TPSA) is 73.3 Å². The standard InChI is InChI=1S/C13H16BrN3O2/c1-2-5-18-10-6-9(7-16-8-10)13(17-15)11-3-4-12(14)19-11/h3-4,6-8,13,17H,2,5,15H2,1H3. The lowest BCUT2D eigenvalue weighted by atomic mass is 10.1. The predicted molar refractivity (Wildman–Crippen MR) is 75.6 cm³/mol. The number of hydrazine groups is 1. The lowest BCUT2D eigenvalue weighted by Gasteiger charge is -2.14. The zero-order valence-corrected chi connectivity index (χ0v) is 12.2. The molecule has 19 heavy (non-hydrogen) atoms. The number of aromatic nitrogens is 1. The molecule has 0 radical (unpaired) electrons. The Labute approximate surface area is 120 Å². The van der Waals surface area contributed by atoms with Gasteiger partial charge in [0, 0.05) is 6.20 Å². The molecule has 0 aliphatic heterocycles. The van der Waals surface area contributed by atoms with Gasteiger partial charge in [-0.15, -0.1) is 0 Å². The molecular formula is C13H16BrN3O2. The Morgan fingerprint density at radius 1 is 1.47 bits per heavy atom. The first-order valence-electron chi connectivity index (χ1n) is 6.03. The van der Waals surface area contributed by atoms with Crippen LogP contribution < -0.4 is 16.0 Å². The molecule has 2 aromatic heterocycles. The van der Waals surface area contributed by atoms with E-state index in [4.69, 9.17) is 15.0 Å². The van der Waals surface area contributed by atoms with E-state index in [1.807, 2.05) is 18.2 Å². The van der Waals surface area contributed by atoms with Crippen LogP contribution in [0.4, 0.5) is 0 Å². The van der Waals surface area contributed by atoms with Crippen molar-refractivity contribution >= 4 is 15.9 Å². The normalized spacial score (nSPS) is 12.4. The number of nitrogens with zero attached hydrogens (tertiary/aromatic N) is 1. The molecule has 0 aliphatic rings. The van der Waals surface area contributed by atoms with Crippen LogP contribution >= 0.6 is 15.9 Å². The first kappa shape index (κ1) is 14.0. The summed E-state index contributed by atoms with van der Waals surface area (Å²) in [6, 6.07) is 5.33. The van der Waals surface area contributed by atoms with Crippen LogP contribution in [-0.4, -0.2) is 11.6 Å². The zero-order valence-electron chi connectivity index (χ0n) is 10.6. The maximum atomic E-state index is 5.60. The summed E-state index contributed by atoms with van der Waals surface area (Å²) < 4.78 is 11.7. The van der Waals surface area contributed by atoms with Crippen molar-refractivity contribution in [1.82, 2.24) is 10.4 Å². The van der Waals surface area contributed by atoms with Crippen LogP contribution in [0.25, 0.3) is 0 Å². The maximum Gasteiger partial charge on any atom is 0.169 e. The molecule has 0 amide bonds. The Kier molecular flexibility index (Phi) is 4.95. The molecule has 1 unspecified atom stereocenters. The predicted octanol–water partition coefficient (Wildman–Crippen LogP) is 2.78. The zero-order chi connectivity index (χ0) is 13.7. The van der Waals surface area contributed by atoms with Crippen molar-refractivity contribution in [2.75, 3.05) is 6.61 Å². The van der Waals surface area contributed by atoms with Crippen molar-refractivity contribution in [1.29, 1.82) is 0 Å². The molecule has 2 aromatic rings. The third kappa shape index (κ3) is 3.56. The Hall–Kier alpha value is -1.37. The van der Waals surface area contributed by atoms with E-state index in [0.29, 0.717) is 17.0 Å². The molecule has 6 heteroatoms. The fraction of sp³-hybridized carbons (Fsp3) is 0.308. The largest absolute Gasteiger partial charge is 0.492 e. The van der Waals surface area contributed by atoms with Crippen LogP contribution in [0.5, 0.6) is 5.75 Å². The van der Waals surface area contributed by atoms with Crippen molar-refractivity contribution in [3.05, 3.63) is 46.6 Å². The van der Waals surface area contributed by atoms with Gasteiger partial charge in [-0.3, -0.25) is 10.8 Å². The summed E-state index contributed by atoms with van der Waals surface area (Å²) in [4.78, 5) is 4.16. The molecule has 0 aliphatic carbocycles. The Bertz CT molecular complexity index is 530. The van der Waals surface area contributed by atoms with E-state index in [1.54, 1.807) is 12.4 Å². The molecule has 2 heterocycles. The van der Waals surface area contributed by atoms with Gasteiger partial charge in [-0.25, -0.2) is 5.43 Å². The number of furan rings is 1. The molecule has 0 bridgehead atoms. The third-order valence-corrected chi connectivity index (χ3v) is 3.01. The van der Waals surface area contributed by atoms with E-state index < -0.39 is 0 Å². The summed E-state index contributed by atoms with van der Waals surface area (Å²) in [5.74, 6) is 7.04. The number of halogens is 1. The van der Waals surface area contributed by atoms with Gasteiger partial charge in [0.2, 0.25) is 0 Å². The van der Waals surface area contributed by atoms with Gasteiger partial charge in [0.25, 0.3) is 0 Å². The van der Waals surface area contributed by atoms with Crippen LogP contribution in [0.15, 0.2) is 39.7 Å². The second kappa shape index (κ2) is 6.70. The van der Waals surface area contributed by atoms with E-state index in [9.17, 15) is 0 Å². The van der Waals surface area contributed by atoms with Gasteiger partial charge < -0.3 is 9.15 Å². The van der Waals surface area contributed by atoms with Gasteiger partial charge in [0.05, 0.1) is 12.8 Å². The number of nitrogens with one attached hydrogen (secondary N) is 1. The van der Waals surface area contributed by atoms with Crippen molar-refractivity contribution in [2.45, 2.75) is 19.4 Å². The summed E-state index contributed by atoms with van der Waals surface area (Å²) in [7, 11) is 0. The van der Waals surface area contributed by atoms with Gasteiger partial charge in [0.1, 0.15) is 17.6 Å². The number of hydrogen-bond acceptors (Lipinski definition) is 5. The van der Waals surface area contributed by atoms with E-state index >= 15 is 0 Å². The fourth-order valence-corrected chi connectivity index (χ4v) is 2.04. The minimum atomic E-state index is -0.260.